The van der Waals surface area contributed by atoms with E-state index in [1.165, 1.54) is 41.3 Å². The number of halogens is 3. The number of rotatable bonds is 11. The van der Waals surface area contributed by atoms with E-state index in [0.717, 1.165) is 48.2 Å². The molecule has 3 aromatic rings. The summed E-state index contributed by atoms with van der Waals surface area (Å²) in [6.45, 7) is -0.919. The van der Waals surface area contributed by atoms with Gasteiger partial charge in [-0.15, -0.1) is 0 Å². The highest BCUT2D eigenvalue weighted by Crippen LogP contribution is 2.34. The molecular formula is C31H34Cl2FN3O4S. The summed E-state index contributed by atoms with van der Waals surface area (Å²) in [5, 5.41) is 3.19. The molecule has 0 bridgehead atoms. The van der Waals surface area contributed by atoms with Crippen LogP contribution >= 0.6 is 23.2 Å². The Morgan fingerprint density at radius 1 is 0.952 bits per heavy atom. The second-order valence-electron chi connectivity index (χ2n) is 10.5. The van der Waals surface area contributed by atoms with Crippen molar-refractivity contribution in [3.8, 4) is 0 Å². The fraction of sp³-hybridized carbons (Fsp3) is 0.355. The maximum Gasteiger partial charge on any atom is 0.244 e. The third-order valence-corrected chi connectivity index (χ3v) is 9.34. The average molecular weight is 635 g/mol. The molecule has 11 heteroatoms. The van der Waals surface area contributed by atoms with Crippen LogP contribution in [0.2, 0.25) is 10.0 Å². The van der Waals surface area contributed by atoms with Crippen LogP contribution in [0, 0.1) is 5.82 Å². The van der Waals surface area contributed by atoms with Crippen molar-refractivity contribution in [1.82, 2.24) is 10.2 Å². The van der Waals surface area contributed by atoms with Crippen LogP contribution in [0.15, 0.2) is 72.8 Å². The third kappa shape index (κ3) is 8.24. The van der Waals surface area contributed by atoms with Crippen LogP contribution in [0.5, 0.6) is 0 Å². The van der Waals surface area contributed by atoms with Gasteiger partial charge in [-0.05, 0) is 36.6 Å². The first-order valence-corrected chi connectivity index (χ1v) is 16.4. The number of hydrogen-bond acceptors (Lipinski definition) is 4. The molecule has 1 saturated carbocycles. The molecule has 1 N–H and O–H groups in total. The predicted molar refractivity (Wildman–Crippen MR) is 165 cm³/mol. The molecule has 0 heterocycles. The molecule has 4 rings (SSSR count). The smallest absolute Gasteiger partial charge is 0.244 e. The van der Waals surface area contributed by atoms with Crippen molar-refractivity contribution < 1.29 is 22.4 Å². The number of sulfonamides is 1. The Kier molecular flexibility index (Phi) is 10.9. The van der Waals surface area contributed by atoms with Crippen molar-refractivity contribution in [2.24, 2.45) is 0 Å². The highest BCUT2D eigenvalue weighted by molar-refractivity contribution is 7.92. The van der Waals surface area contributed by atoms with Gasteiger partial charge >= 0.3 is 0 Å². The van der Waals surface area contributed by atoms with Crippen LogP contribution < -0.4 is 9.62 Å². The number of amides is 2. The molecule has 2 amide bonds. The summed E-state index contributed by atoms with van der Waals surface area (Å²) in [6.07, 6.45) is 5.86. The maximum absolute atomic E-state index is 14.9. The van der Waals surface area contributed by atoms with Gasteiger partial charge in [0.1, 0.15) is 18.4 Å². The molecule has 0 saturated heterocycles. The Hall–Kier alpha value is -3.14. The van der Waals surface area contributed by atoms with Crippen LogP contribution in [0.3, 0.4) is 0 Å². The van der Waals surface area contributed by atoms with Crippen LogP contribution in [0.1, 0.15) is 43.2 Å². The number of nitrogens with zero attached hydrogens (tertiary/aromatic N) is 2. The van der Waals surface area contributed by atoms with E-state index in [1.807, 2.05) is 30.3 Å². The summed E-state index contributed by atoms with van der Waals surface area (Å²) >= 11 is 12.5. The summed E-state index contributed by atoms with van der Waals surface area (Å²) in [6, 6.07) is 18.6. The van der Waals surface area contributed by atoms with Crippen molar-refractivity contribution in [1.29, 1.82) is 0 Å². The molecule has 0 spiro atoms. The molecule has 0 aromatic heterocycles. The van der Waals surface area contributed by atoms with Gasteiger partial charge in [-0.3, -0.25) is 13.9 Å². The second-order valence-corrected chi connectivity index (χ2v) is 13.2. The number of hydrogen-bond donors (Lipinski definition) is 1. The Bertz CT molecular complexity index is 1500. The van der Waals surface area contributed by atoms with E-state index in [9.17, 15) is 22.4 Å². The molecule has 1 aliphatic carbocycles. The first kappa shape index (κ1) is 31.8. The molecule has 1 fully saturated rings. The fourth-order valence-corrected chi connectivity index (χ4v) is 6.49. The molecule has 1 atom stereocenters. The highest BCUT2D eigenvalue weighted by atomic mass is 35.5. The zero-order valence-corrected chi connectivity index (χ0v) is 25.6. The summed E-state index contributed by atoms with van der Waals surface area (Å²) < 4.78 is 41.6. The van der Waals surface area contributed by atoms with E-state index in [4.69, 9.17) is 23.2 Å². The van der Waals surface area contributed by atoms with Gasteiger partial charge in [-0.25, -0.2) is 12.8 Å². The van der Waals surface area contributed by atoms with Crippen molar-refractivity contribution in [3.05, 3.63) is 99.8 Å². The van der Waals surface area contributed by atoms with Crippen LogP contribution in [-0.4, -0.2) is 50.0 Å². The van der Waals surface area contributed by atoms with Gasteiger partial charge in [0.2, 0.25) is 21.8 Å². The number of carbonyl (C=O) groups excluding carboxylic acids is 2. The Labute approximate surface area is 256 Å². The first-order valence-electron chi connectivity index (χ1n) is 13.8. The third-order valence-electron chi connectivity index (χ3n) is 7.40. The average Bonchev–Trinajstić information content (AvgIpc) is 2.96. The van der Waals surface area contributed by atoms with E-state index < -0.39 is 34.3 Å². The van der Waals surface area contributed by atoms with Crippen LogP contribution in [-0.2, 0) is 32.6 Å². The maximum atomic E-state index is 14.9. The molecular weight excluding hydrogens is 600 g/mol. The lowest BCUT2D eigenvalue weighted by atomic mass is 9.94. The second kappa shape index (κ2) is 14.4. The lowest BCUT2D eigenvalue weighted by molar-refractivity contribution is -0.140. The van der Waals surface area contributed by atoms with E-state index in [-0.39, 0.29) is 46.2 Å². The zero-order chi connectivity index (χ0) is 30.3. The van der Waals surface area contributed by atoms with Crippen molar-refractivity contribution >= 4 is 50.7 Å². The molecule has 7 nitrogen and oxygen atoms in total. The van der Waals surface area contributed by atoms with Crippen LogP contribution in [0.4, 0.5) is 10.1 Å². The van der Waals surface area contributed by atoms with Gasteiger partial charge < -0.3 is 10.2 Å². The summed E-state index contributed by atoms with van der Waals surface area (Å²) in [4.78, 5) is 29.3. The molecule has 0 aliphatic heterocycles. The lowest BCUT2D eigenvalue weighted by Crippen LogP contribution is -2.55. The van der Waals surface area contributed by atoms with E-state index in [0.29, 0.717) is 0 Å². The molecule has 3 aromatic carbocycles. The minimum absolute atomic E-state index is 0.0251. The van der Waals surface area contributed by atoms with Gasteiger partial charge in [0, 0.05) is 24.6 Å². The van der Waals surface area contributed by atoms with Gasteiger partial charge in [0.25, 0.3) is 0 Å². The zero-order valence-electron chi connectivity index (χ0n) is 23.3. The predicted octanol–water partition coefficient (Wildman–Crippen LogP) is 5.99. The Morgan fingerprint density at radius 3 is 2.29 bits per heavy atom. The minimum Gasteiger partial charge on any atom is -0.352 e. The molecule has 1 aliphatic rings. The van der Waals surface area contributed by atoms with Crippen molar-refractivity contribution in [3.63, 3.8) is 0 Å². The summed E-state index contributed by atoms with van der Waals surface area (Å²) in [7, 11) is -4.03. The number of anilines is 1. The van der Waals surface area contributed by atoms with Gasteiger partial charge in [0.05, 0.1) is 22.0 Å². The summed E-state index contributed by atoms with van der Waals surface area (Å²) in [5.74, 6) is -1.61. The van der Waals surface area contributed by atoms with Crippen molar-refractivity contribution in [2.75, 3.05) is 17.1 Å². The van der Waals surface area contributed by atoms with Crippen LogP contribution in [0.25, 0.3) is 0 Å². The van der Waals surface area contributed by atoms with Gasteiger partial charge in [0.15, 0.2) is 0 Å². The lowest BCUT2D eigenvalue weighted by Gasteiger charge is -2.35. The topological polar surface area (TPSA) is 86.8 Å². The standard InChI is InChI=1S/C31H34Cl2FN3O4S/c1-42(40,41)37(27-18-10-16-25(32)30(27)33)21-29(38)36(20-23-13-8-9-17-26(23)34)28(19-22-11-4-2-5-12-22)31(39)35-24-14-6-3-7-15-24/h2,4-5,8-13,16-18,24,28H,3,6-7,14-15,19-21H2,1H3,(H,35,39). The normalized spacial score (nSPS) is 14.7. The minimum atomic E-state index is -4.03. The SMILES string of the molecule is CS(=O)(=O)N(CC(=O)N(Cc1ccccc1F)C(Cc1ccccc1)C(=O)NC1CCCCC1)c1cccc(Cl)c1Cl. The molecule has 42 heavy (non-hydrogen) atoms. The Balaban J connectivity index is 1.75. The Morgan fingerprint density at radius 2 is 1.62 bits per heavy atom. The van der Waals surface area contributed by atoms with E-state index >= 15 is 0 Å². The monoisotopic (exact) mass is 633 g/mol. The van der Waals surface area contributed by atoms with E-state index in [1.54, 1.807) is 6.07 Å². The van der Waals surface area contributed by atoms with E-state index in [2.05, 4.69) is 5.32 Å². The summed E-state index contributed by atoms with van der Waals surface area (Å²) in [5.41, 5.74) is 1.02. The first-order chi connectivity index (χ1) is 20.0. The number of carbonyl (C=O) groups is 2. The highest BCUT2D eigenvalue weighted by Gasteiger charge is 2.35. The van der Waals surface area contributed by atoms with Gasteiger partial charge in [-0.1, -0.05) is 97.1 Å². The fourth-order valence-electron chi connectivity index (χ4n) is 5.19. The molecule has 1 unspecified atom stereocenters. The quantitative estimate of drug-likeness (QED) is 0.281. The molecule has 224 valence electrons. The van der Waals surface area contributed by atoms with Crippen molar-refractivity contribution in [2.45, 2.75) is 57.2 Å². The number of benzene rings is 3. The largest absolute Gasteiger partial charge is 0.352 e. The molecule has 0 radical (unpaired) electrons. The van der Waals surface area contributed by atoms with Gasteiger partial charge in [-0.2, -0.15) is 0 Å². The number of nitrogens with one attached hydrogen (secondary N) is 1.